The maximum Gasteiger partial charge on any atom is 0.127 e. The van der Waals surface area contributed by atoms with Gasteiger partial charge in [-0.25, -0.2) is 8.78 Å². The number of fused-ring (bicyclic) bond motifs is 9. The lowest BCUT2D eigenvalue weighted by molar-refractivity contribution is 0.482. The van der Waals surface area contributed by atoms with Gasteiger partial charge in [0, 0.05) is 34.1 Å². The Hall–Kier alpha value is -12.2. The maximum absolute atomic E-state index is 15.3. The Balaban J connectivity index is 0.801. The molecule has 14 aromatic carbocycles. The fourth-order valence-electron chi connectivity index (χ4n) is 16.0. The van der Waals surface area contributed by atoms with Gasteiger partial charge in [0.2, 0.25) is 0 Å². The van der Waals surface area contributed by atoms with Crippen LogP contribution in [0.2, 0.25) is 13.1 Å². The molecule has 1 heterocycles. The average Bonchev–Trinajstić information content (AvgIpc) is 1.56. The molecule has 0 aromatic heterocycles. The largest absolute Gasteiger partial charge is 0.457 e. The van der Waals surface area contributed by atoms with Crippen LogP contribution in [0.25, 0.3) is 45.5 Å². The first kappa shape index (κ1) is 60.5. The summed E-state index contributed by atoms with van der Waals surface area (Å²) in [6.45, 7) is 12.7. The van der Waals surface area contributed by atoms with Crippen molar-refractivity contribution in [3.63, 3.8) is 0 Å². The highest BCUT2D eigenvalue weighted by molar-refractivity contribution is 7.03. The van der Waals surface area contributed by atoms with E-state index in [0.29, 0.717) is 0 Å². The van der Waals surface area contributed by atoms with Gasteiger partial charge in [-0.2, -0.15) is 0 Å². The summed E-state index contributed by atoms with van der Waals surface area (Å²) in [5.41, 5.74) is 21.9. The first-order chi connectivity index (χ1) is 48.5. The zero-order chi connectivity index (χ0) is 67.0. The van der Waals surface area contributed by atoms with Crippen molar-refractivity contribution in [1.29, 1.82) is 0 Å². The highest BCUT2D eigenvalue weighted by Crippen LogP contribution is 2.60. The molecular formula is C92H66F2N2O2Si. The lowest BCUT2D eigenvalue weighted by Crippen LogP contribution is -2.49. The van der Waals surface area contributed by atoms with Crippen LogP contribution in [0.1, 0.15) is 55.6 Å². The zero-order valence-electron chi connectivity index (χ0n) is 54.7. The van der Waals surface area contributed by atoms with Gasteiger partial charge in [-0.3, -0.25) is 0 Å². The van der Waals surface area contributed by atoms with Crippen LogP contribution in [-0.4, -0.2) is 8.07 Å². The number of anilines is 6. The van der Waals surface area contributed by atoms with Gasteiger partial charge in [0.25, 0.3) is 0 Å². The fraction of sp³-hybridized carbons (Fsp3) is 0.0435. The average molecular weight is 1300 g/mol. The highest BCUT2D eigenvalue weighted by Gasteiger charge is 2.49. The second kappa shape index (κ2) is 24.2. The molecule has 7 heteroatoms. The topological polar surface area (TPSA) is 24.9 Å². The number of nitrogens with zero attached hydrogens (tertiary/aromatic N) is 2. The first-order valence-corrected chi connectivity index (χ1v) is 36.5. The van der Waals surface area contributed by atoms with Crippen molar-refractivity contribution in [1.82, 2.24) is 0 Å². The predicted molar refractivity (Wildman–Crippen MR) is 406 cm³/mol. The van der Waals surface area contributed by atoms with E-state index < -0.39 is 18.9 Å². The standard InChI is InChI=1S/C92H66F2N2O2Si/c1-5-61-25-45-75(46-26-61)97-77-49-29-65(30-50-77)91(63-17-9-7-10-18-63)85-23-15-13-21-79(85)81-53-41-73(59-87(81)91)95(69-37-33-67(93)34-38-69)71-43-55-89-83(57-71)84-58-72(44-56-90(84)99(89,3)4)96(70-39-35-68(94)36-40-70)74-42-54-82-80-22-14-16-24-86(80)92(88(82)60-74,64-19-11-8-12-20-64)66-31-51-78(52-32-66)98-76-47-27-62(6-2)28-48-76/h5-60H,1-2H2,3-4H3. The van der Waals surface area contributed by atoms with E-state index in [1.807, 2.05) is 84.9 Å². The minimum absolute atomic E-state index is 0.314. The second-order valence-corrected chi connectivity index (χ2v) is 30.6. The molecule has 2 aliphatic carbocycles. The Morgan fingerprint density at radius 2 is 0.596 bits per heavy atom. The van der Waals surface area contributed by atoms with Crippen molar-refractivity contribution in [2.45, 2.75) is 23.9 Å². The van der Waals surface area contributed by atoms with Gasteiger partial charge in [0.05, 0.1) is 10.8 Å². The molecule has 99 heavy (non-hydrogen) atoms. The summed E-state index contributed by atoms with van der Waals surface area (Å²) in [6.07, 6.45) is 3.65. The number of rotatable bonds is 16. The quantitative estimate of drug-likeness (QED) is 0.0900. The molecule has 17 rings (SSSR count). The third-order valence-corrected chi connectivity index (χ3v) is 24.2. The third-order valence-electron chi connectivity index (χ3n) is 20.6. The Labute approximate surface area is 577 Å². The number of hydrogen-bond donors (Lipinski definition) is 0. The molecule has 0 N–H and O–H groups in total. The van der Waals surface area contributed by atoms with Crippen molar-refractivity contribution in [3.8, 4) is 56.4 Å². The van der Waals surface area contributed by atoms with Crippen LogP contribution in [0.3, 0.4) is 0 Å². The summed E-state index contributed by atoms with van der Waals surface area (Å²) in [6, 6.07) is 113. The number of benzene rings is 14. The van der Waals surface area contributed by atoms with E-state index in [4.69, 9.17) is 9.47 Å². The minimum Gasteiger partial charge on any atom is -0.457 e. The van der Waals surface area contributed by atoms with Gasteiger partial charge >= 0.3 is 0 Å². The van der Waals surface area contributed by atoms with Crippen LogP contribution in [0.15, 0.2) is 341 Å². The predicted octanol–water partition coefficient (Wildman–Crippen LogP) is 23.3. The summed E-state index contributed by atoms with van der Waals surface area (Å²) in [5, 5.41) is 2.65. The van der Waals surface area contributed by atoms with E-state index in [1.165, 1.54) is 21.5 Å². The van der Waals surface area contributed by atoms with Crippen LogP contribution in [0.4, 0.5) is 42.9 Å². The molecule has 14 aromatic rings. The molecule has 0 radical (unpaired) electrons. The molecule has 0 bridgehead atoms. The third kappa shape index (κ3) is 9.98. The summed E-state index contributed by atoms with van der Waals surface area (Å²) in [5.74, 6) is 2.32. The molecule has 1 aliphatic heterocycles. The monoisotopic (exact) mass is 1300 g/mol. The van der Waals surface area contributed by atoms with E-state index in [-0.39, 0.29) is 11.6 Å². The minimum atomic E-state index is -2.34. The molecule has 2 unspecified atom stereocenters. The van der Waals surface area contributed by atoms with Gasteiger partial charge in [-0.15, -0.1) is 0 Å². The van der Waals surface area contributed by atoms with E-state index in [0.717, 1.165) is 135 Å². The fourth-order valence-corrected chi connectivity index (χ4v) is 19.1. The molecule has 3 aliphatic rings. The van der Waals surface area contributed by atoms with Gasteiger partial charge in [-0.05, 0) is 245 Å². The molecule has 0 fully saturated rings. The number of hydrogen-bond acceptors (Lipinski definition) is 4. The summed E-state index contributed by atoms with van der Waals surface area (Å²) in [7, 11) is -2.34. The van der Waals surface area contributed by atoms with Crippen LogP contribution in [0.5, 0.6) is 23.0 Å². The van der Waals surface area contributed by atoms with Crippen molar-refractivity contribution in [2.75, 3.05) is 9.80 Å². The summed E-state index contributed by atoms with van der Waals surface area (Å²) in [4.78, 5) is 4.55. The lowest BCUT2D eigenvalue weighted by atomic mass is 9.67. The Kier molecular flexibility index (Phi) is 14.8. The number of ether oxygens (including phenoxy) is 2. The van der Waals surface area contributed by atoms with E-state index in [9.17, 15) is 0 Å². The summed E-state index contributed by atoms with van der Waals surface area (Å²) < 4.78 is 43.5. The normalized spacial score (nSPS) is 15.5. The van der Waals surface area contributed by atoms with Gasteiger partial charge < -0.3 is 19.3 Å². The van der Waals surface area contributed by atoms with Crippen LogP contribution < -0.4 is 29.6 Å². The molecular weight excluding hydrogens is 1230 g/mol. The van der Waals surface area contributed by atoms with Crippen molar-refractivity contribution in [3.05, 3.63) is 408 Å². The molecule has 0 saturated carbocycles. The molecule has 0 saturated heterocycles. The Morgan fingerprint density at radius 3 is 0.970 bits per heavy atom. The van der Waals surface area contributed by atoms with Gasteiger partial charge in [0.15, 0.2) is 0 Å². The number of halogens is 2. The first-order valence-electron chi connectivity index (χ1n) is 33.5. The SMILES string of the molecule is C=Cc1ccc(Oc2ccc(C3(c4ccccc4)c4ccccc4-c4ccc(N(c5ccc(F)cc5)c5ccc6c(c5)-c5cc(N(c7ccc(F)cc7)c7ccc8c(c7)C(c7ccccc7)(c7ccc(Oc9ccc(C=C)cc9)cc7)c7ccccc7-8)ccc5[Si]6(C)C)cc43)cc2)cc1. The molecule has 0 amide bonds. The second-order valence-electron chi connectivity index (χ2n) is 26.3. The molecule has 474 valence electrons. The van der Waals surface area contributed by atoms with Crippen molar-refractivity contribution >= 4 is 64.7 Å². The van der Waals surface area contributed by atoms with Gasteiger partial charge in [-0.1, -0.05) is 220 Å². The van der Waals surface area contributed by atoms with Crippen molar-refractivity contribution in [2.24, 2.45) is 0 Å². The molecule has 2 atom stereocenters. The van der Waals surface area contributed by atoms with Gasteiger partial charge in [0.1, 0.15) is 42.7 Å². The molecule has 4 nitrogen and oxygen atoms in total. The Bertz CT molecular complexity index is 5110. The highest BCUT2D eigenvalue weighted by atomic mass is 28.3. The summed E-state index contributed by atoms with van der Waals surface area (Å²) >= 11 is 0. The van der Waals surface area contributed by atoms with Crippen LogP contribution >= 0.6 is 0 Å². The van der Waals surface area contributed by atoms with E-state index in [2.05, 4.69) is 267 Å². The smallest absolute Gasteiger partial charge is 0.127 e. The zero-order valence-corrected chi connectivity index (χ0v) is 55.7. The van der Waals surface area contributed by atoms with Crippen LogP contribution in [-0.2, 0) is 10.8 Å². The van der Waals surface area contributed by atoms with E-state index in [1.54, 1.807) is 24.3 Å². The Morgan fingerprint density at radius 1 is 0.293 bits per heavy atom. The van der Waals surface area contributed by atoms with Crippen LogP contribution in [0, 0.1) is 11.6 Å². The molecule has 0 spiro atoms. The maximum atomic E-state index is 15.3. The van der Waals surface area contributed by atoms with E-state index >= 15 is 8.78 Å². The lowest BCUT2D eigenvalue weighted by Gasteiger charge is -2.35. The van der Waals surface area contributed by atoms with Crippen molar-refractivity contribution < 1.29 is 18.3 Å².